The first kappa shape index (κ1) is 25.0. The van der Waals surface area contributed by atoms with E-state index in [0.29, 0.717) is 0 Å². The second-order valence-corrected chi connectivity index (χ2v) is 6.08. The van der Waals surface area contributed by atoms with Crippen LogP contribution >= 0.6 is 25.3 Å². The summed E-state index contributed by atoms with van der Waals surface area (Å²) in [7, 11) is 0. The van der Waals surface area contributed by atoms with Gasteiger partial charge in [0.15, 0.2) is 0 Å². The number of nitrogens with two attached hydrogens (primary N) is 2. The van der Waals surface area contributed by atoms with Crippen molar-refractivity contribution in [3.05, 3.63) is 0 Å². The smallest absolute Gasteiger partial charge is 0.327 e. The summed E-state index contributed by atoms with van der Waals surface area (Å²) < 4.78 is 0. The van der Waals surface area contributed by atoms with Gasteiger partial charge in [0.1, 0.15) is 18.1 Å². The quantitative estimate of drug-likeness (QED) is 0.139. The number of nitrogens with one attached hydrogen (secondary N) is 3. The minimum atomic E-state index is -1.54. The van der Waals surface area contributed by atoms with E-state index in [2.05, 4.69) is 41.2 Å². The minimum Gasteiger partial charge on any atom is -0.480 e. The molecule has 4 unspecified atom stereocenters. The van der Waals surface area contributed by atoms with Crippen molar-refractivity contribution < 1.29 is 34.2 Å². The van der Waals surface area contributed by atoms with E-state index in [1.54, 1.807) is 0 Å². The predicted octanol–water partition coefficient (Wildman–Crippen LogP) is -4.42. The van der Waals surface area contributed by atoms with Crippen molar-refractivity contribution in [3.63, 3.8) is 0 Å². The molecule has 0 aromatic heterocycles. The van der Waals surface area contributed by atoms with Crippen molar-refractivity contribution in [2.75, 3.05) is 18.1 Å². The van der Waals surface area contributed by atoms with Crippen molar-refractivity contribution >= 4 is 54.9 Å². The minimum absolute atomic E-state index is 0.0290. The molecular weight excluding hydrogens is 402 g/mol. The fourth-order valence-corrected chi connectivity index (χ4v) is 2.11. The number of hydrogen-bond donors (Lipinski definition) is 9. The Bertz CT molecular complexity index is 577. The number of carboxylic acids is 1. The Balaban J connectivity index is 5.13. The number of aliphatic hydroxyl groups is 1. The molecule has 0 radical (unpaired) electrons. The molecule has 0 rings (SSSR count). The van der Waals surface area contributed by atoms with Crippen molar-refractivity contribution in [2.45, 2.75) is 30.6 Å². The Kier molecular flexibility index (Phi) is 11.4. The van der Waals surface area contributed by atoms with E-state index in [9.17, 15) is 29.1 Å². The summed E-state index contributed by atoms with van der Waals surface area (Å²) in [5.74, 6) is -5.31. The van der Waals surface area contributed by atoms with Crippen LogP contribution in [0.15, 0.2) is 0 Å². The van der Waals surface area contributed by atoms with Gasteiger partial charge in [0.2, 0.25) is 23.6 Å². The second-order valence-electron chi connectivity index (χ2n) is 5.35. The largest absolute Gasteiger partial charge is 0.480 e. The molecule has 14 heteroatoms. The summed E-state index contributed by atoms with van der Waals surface area (Å²) in [6, 6.07) is -5.39. The highest BCUT2D eigenvalue weighted by Crippen LogP contribution is 1.97. The van der Waals surface area contributed by atoms with E-state index >= 15 is 0 Å². The van der Waals surface area contributed by atoms with Crippen LogP contribution in [0.3, 0.4) is 0 Å². The molecule has 4 atom stereocenters. The normalized spacial score (nSPS) is 15.0. The van der Waals surface area contributed by atoms with Crippen LogP contribution in [0, 0.1) is 0 Å². The zero-order chi connectivity index (χ0) is 21.1. The topological polar surface area (TPSA) is 214 Å². The summed E-state index contributed by atoms with van der Waals surface area (Å²) in [6.45, 7) is -0.871. The van der Waals surface area contributed by atoms with Crippen LogP contribution in [-0.4, -0.2) is 82.1 Å². The fraction of sp³-hybridized carbons (Fsp3) is 0.615. The van der Waals surface area contributed by atoms with E-state index in [4.69, 9.17) is 16.6 Å². The van der Waals surface area contributed by atoms with E-state index in [-0.39, 0.29) is 11.5 Å². The number of aliphatic hydroxyl groups excluding tert-OH is 1. The number of thiol groups is 2. The van der Waals surface area contributed by atoms with Crippen LogP contribution in [0.5, 0.6) is 0 Å². The molecule has 0 aromatic carbocycles. The third-order valence-electron chi connectivity index (χ3n) is 3.18. The maximum atomic E-state index is 12.3. The third-order valence-corrected chi connectivity index (χ3v) is 3.94. The number of aliphatic carboxylic acids is 1. The van der Waals surface area contributed by atoms with Crippen molar-refractivity contribution in [1.82, 2.24) is 16.0 Å². The zero-order valence-corrected chi connectivity index (χ0v) is 15.9. The SMILES string of the molecule is NC(=O)CC(NC(=O)C(N)CS)C(=O)NC(CO)C(=O)NC(CS)C(=O)O. The zero-order valence-electron chi connectivity index (χ0n) is 14.1. The van der Waals surface area contributed by atoms with Crippen LogP contribution < -0.4 is 27.4 Å². The molecule has 0 saturated heterocycles. The van der Waals surface area contributed by atoms with Crippen LogP contribution in [0.25, 0.3) is 0 Å². The van der Waals surface area contributed by atoms with Gasteiger partial charge in [-0.1, -0.05) is 0 Å². The van der Waals surface area contributed by atoms with E-state index < -0.39 is 66.8 Å². The first-order valence-corrected chi connectivity index (χ1v) is 8.84. The molecule has 12 nitrogen and oxygen atoms in total. The molecule has 0 aromatic rings. The Morgan fingerprint density at radius 3 is 1.74 bits per heavy atom. The van der Waals surface area contributed by atoms with Gasteiger partial charge in [0, 0.05) is 11.5 Å². The van der Waals surface area contributed by atoms with E-state index in [1.165, 1.54) is 0 Å². The number of carboxylic acid groups (broad SMARTS) is 1. The first-order chi connectivity index (χ1) is 12.6. The number of rotatable bonds is 12. The first-order valence-electron chi connectivity index (χ1n) is 7.57. The van der Waals surface area contributed by atoms with Gasteiger partial charge in [-0.2, -0.15) is 25.3 Å². The highest BCUT2D eigenvalue weighted by Gasteiger charge is 2.30. The van der Waals surface area contributed by atoms with E-state index in [0.717, 1.165) is 0 Å². The molecule has 0 bridgehead atoms. The average Bonchev–Trinajstić information content (AvgIpc) is 2.61. The lowest BCUT2D eigenvalue weighted by molar-refractivity contribution is -0.142. The average molecular weight is 425 g/mol. The number of amides is 4. The molecule has 154 valence electrons. The molecule has 0 saturated carbocycles. The highest BCUT2D eigenvalue weighted by molar-refractivity contribution is 7.80. The van der Waals surface area contributed by atoms with E-state index in [1.807, 2.05) is 0 Å². The highest BCUT2D eigenvalue weighted by atomic mass is 32.1. The summed E-state index contributed by atoms with van der Waals surface area (Å²) in [5.41, 5.74) is 10.5. The van der Waals surface area contributed by atoms with Crippen LogP contribution in [0.2, 0.25) is 0 Å². The molecule has 0 aliphatic heterocycles. The van der Waals surface area contributed by atoms with Crippen LogP contribution in [0.4, 0.5) is 0 Å². The molecule has 4 amide bonds. The molecule has 9 N–H and O–H groups in total. The molecule has 0 aliphatic carbocycles. The van der Waals surface area contributed by atoms with Crippen molar-refractivity contribution in [3.8, 4) is 0 Å². The lowest BCUT2D eigenvalue weighted by Gasteiger charge is -2.23. The maximum Gasteiger partial charge on any atom is 0.327 e. The van der Waals surface area contributed by atoms with Crippen LogP contribution in [-0.2, 0) is 24.0 Å². The number of primary amides is 1. The van der Waals surface area contributed by atoms with Gasteiger partial charge in [-0.3, -0.25) is 19.2 Å². The summed E-state index contributed by atoms with van der Waals surface area (Å²) >= 11 is 7.61. The molecule has 27 heavy (non-hydrogen) atoms. The predicted molar refractivity (Wildman–Crippen MR) is 100 cm³/mol. The third kappa shape index (κ3) is 8.94. The molecule has 0 heterocycles. The van der Waals surface area contributed by atoms with Gasteiger partial charge in [-0.05, 0) is 0 Å². The summed E-state index contributed by atoms with van der Waals surface area (Å²) in [4.78, 5) is 58.1. The van der Waals surface area contributed by atoms with Gasteiger partial charge in [-0.25, -0.2) is 4.79 Å². The Hall–Kier alpha value is -2.03. The Morgan fingerprint density at radius 1 is 0.852 bits per heavy atom. The lowest BCUT2D eigenvalue weighted by atomic mass is 10.1. The summed E-state index contributed by atoms with van der Waals surface area (Å²) in [5, 5.41) is 24.5. The lowest BCUT2D eigenvalue weighted by Crippen LogP contribution is -2.59. The van der Waals surface area contributed by atoms with Crippen molar-refractivity contribution in [2.24, 2.45) is 11.5 Å². The van der Waals surface area contributed by atoms with Gasteiger partial charge < -0.3 is 37.6 Å². The van der Waals surface area contributed by atoms with Gasteiger partial charge >= 0.3 is 5.97 Å². The molecular formula is C13H23N5O7S2. The van der Waals surface area contributed by atoms with Gasteiger partial charge in [-0.15, -0.1) is 0 Å². The maximum absolute atomic E-state index is 12.3. The van der Waals surface area contributed by atoms with Gasteiger partial charge in [0.05, 0.1) is 19.1 Å². The number of carbonyl (C=O) groups is 5. The number of carbonyl (C=O) groups excluding carboxylic acids is 4. The Labute approximate surface area is 165 Å². The van der Waals surface area contributed by atoms with Crippen LogP contribution in [0.1, 0.15) is 6.42 Å². The molecule has 0 fully saturated rings. The van der Waals surface area contributed by atoms with Crippen molar-refractivity contribution in [1.29, 1.82) is 0 Å². The molecule has 0 aliphatic rings. The number of hydrogen-bond acceptors (Lipinski definition) is 9. The summed E-state index contributed by atoms with van der Waals surface area (Å²) in [6.07, 6.45) is -0.592. The van der Waals surface area contributed by atoms with Gasteiger partial charge in [0.25, 0.3) is 0 Å². The monoisotopic (exact) mass is 425 g/mol. The second kappa shape index (κ2) is 12.4. The Morgan fingerprint density at radius 2 is 1.33 bits per heavy atom. The standard InChI is InChI=1S/C13H23N5O7S2/c14-5(3-26)10(21)16-6(1-9(15)20)11(22)17-7(2-19)12(23)18-8(4-27)13(24)25/h5-8,19,26-27H,1-4,14H2,(H2,15,20)(H,16,21)(H,17,22)(H,18,23)(H,24,25). The fourth-order valence-electron chi connectivity index (χ4n) is 1.70. The molecule has 0 spiro atoms.